The van der Waals surface area contributed by atoms with Gasteiger partial charge >= 0.3 is 0 Å². The van der Waals surface area contributed by atoms with E-state index in [0.29, 0.717) is 36.0 Å². The third kappa shape index (κ3) is 5.41. The molecule has 3 fully saturated rings. The average Bonchev–Trinajstić information content (AvgIpc) is 3.06. The van der Waals surface area contributed by atoms with Crippen LogP contribution in [0.15, 0.2) is 35.5 Å². The van der Waals surface area contributed by atoms with Crippen LogP contribution in [-0.2, 0) is 0 Å². The Morgan fingerprint density at radius 3 is 2.56 bits per heavy atom. The summed E-state index contributed by atoms with van der Waals surface area (Å²) in [5, 5.41) is 40.3. The van der Waals surface area contributed by atoms with Gasteiger partial charge in [0.1, 0.15) is 0 Å². The van der Waals surface area contributed by atoms with Gasteiger partial charge in [-0.05, 0) is 99.5 Å². The highest BCUT2D eigenvalue weighted by Gasteiger charge is 2.50. The quantitative estimate of drug-likeness (QED) is 0.447. The molecule has 3 rings (SSSR count). The van der Waals surface area contributed by atoms with Gasteiger partial charge in [-0.15, -0.1) is 0 Å². The Bertz CT molecular complexity index is 730. The van der Waals surface area contributed by atoms with Crippen molar-refractivity contribution >= 4 is 0 Å². The van der Waals surface area contributed by atoms with E-state index in [9.17, 15) is 20.4 Å². The first-order valence-corrected chi connectivity index (χ1v) is 12.8. The molecule has 3 aliphatic rings. The van der Waals surface area contributed by atoms with Crippen molar-refractivity contribution in [3.05, 3.63) is 35.5 Å². The maximum Gasteiger partial charge on any atom is 0.0811 e. The van der Waals surface area contributed by atoms with Gasteiger partial charge in [0.15, 0.2) is 0 Å². The molecule has 0 unspecified atom stereocenters. The van der Waals surface area contributed by atoms with Gasteiger partial charge in [-0.1, -0.05) is 38.2 Å². The molecule has 32 heavy (non-hydrogen) atoms. The third-order valence-corrected chi connectivity index (χ3v) is 9.18. The minimum absolute atomic E-state index is 0.0387. The van der Waals surface area contributed by atoms with E-state index < -0.39 is 17.8 Å². The maximum atomic E-state index is 10.3. The van der Waals surface area contributed by atoms with Gasteiger partial charge in [-0.2, -0.15) is 0 Å². The van der Waals surface area contributed by atoms with Crippen LogP contribution >= 0.6 is 0 Å². The number of rotatable bonds is 7. The van der Waals surface area contributed by atoms with Gasteiger partial charge in [0.25, 0.3) is 0 Å². The van der Waals surface area contributed by atoms with Gasteiger partial charge in [0.2, 0.25) is 0 Å². The van der Waals surface area contributed by atoms with Gasteiger partial charge < -0.3 is 20.4 Å². The first kappa shape index (κ1) is 25.7. The molecule has 4 nitrogen and oxygen atoms in total. The normalized spacial score (nSPS) is 38.2. The Kier molecular flexibility index (Phi) is 8.13. The molecule has 3 aliphatic carbocycles. The third-order valence-electron chi connectivity index (χ3n) is 9.18. The molecular formula is C28H46O4. The molecule has 4 heteroatoms. The van der Waals surface area contributed by atoms with Crippen LogP contribution in [0.4, 0.5) is 0 Å². The summed E-state index contributed by atoms with van der Waals surface area (Å²) in [5.74, 6) is 1.76. The van der Waals surface area contributed by atoms with Crippen LogP contribution in [0.1, 0.15) is 85.5 Å². The summed E-state index contributed by atoms with van der Waals surface area (Å²) in [6.45, 7) is 12.6. The standard InChI is InChI=1S/C28H46O4/c1-18(8-11-22(17-29)27(3,4)32)24-12-13-25-20(7-6-14-28(24,25)5)9-10-21-15-23(30)16-26(31)19(21)2/h9-10,18,22-26,29-32H,2,6-8,11-17H2,1,3-5H3/b20-9+,21-10-/t18-,22-,23-,24-,25+,26+,28-/m1/s1. The van der Waals surface area contributed by atoms with Gasteiger partial charge in [-0.25, -0.2) is 0 Å². The summed E-state index contributed by atoms with van der Waals surface area (Å²) in [5.41, 5.74) is 2.73. The lowest BCUT2D eigenvalue weighted by Gasteiger charge is -2.44. The van der Waals surface area contributed by atoms with E-state index in [0.717, 1.165) is 30.4 Å². The smallest absolute Gasteiger partial charge is 0.0811 e. The van der Waals surface area contributed by atoms with Crippen molar-refractivity contribution in [1.29, 1.82) is 0 Å². The molecule has 0 spiro atoms. The van der Waals surface area contributed by atoms with Crippen LogP contribution in [-0.4, -0.2) is 44.8 Å². The average molecular weight is 447 g/mol. The van der Waals surface area contributed by atoms with Crippen molar-refractivity contribution in [2.75, 3.05) is 6.61 Å². The molecular weight excluding hydrogens is 400 g/mol. The highest BCUT2D eigenvalue weighted by molar-refractivity contribution is 5.38. The minimum atomic E-state index is -0.838. The van der Waals surface area contributed by atoms with Gasteiger partial charge in [0, 0.05) is 18.9 Å². The van der Waals surface area contributed by atoms with Crippen molar-refractivity contribution in [3.8, 4) is 0 Å². The minimum Gasteiger partial charge on any atom is -0.396 e. The van der Waals surface area contributed by atoms with Crippen LogP contribution < -0.4 is 0 Å². The monoisotopic (exact) mass is 446 g/mol. The second-order valence-corrected chi connectivity index (χ2v) is 11.8. The number of hydrogen-bond acceptors (Lipinski definition) is 4. The Morgan fingerprint density at radius 2 is 1.91 bits per heavy atom. The molecule has 182 valence electrons. The van der Waals surface area contributed by atoms with Crippen LogP contribution in [0, 0.1) is 29.1 Å². The summed E-state index contributed by atoms with van der Waals surface area (Å²) in [7, 11) is 0. The van der Waals surface area contributed by atoms with E-state index in [1.807, 2.05) is 0 Å². The summed E-state index contributed by atoms with van der Waals surface area (Å²) in [4.78, 5) is 0. The molecule has 0 bridgehead atoms. The number of fused-ring (bicyclic) bond motifs is 1. The zero-order chi connectivity index (χ0) is 23.7. The van der Waals surface area contributed by atoms with E-state index in [1.54, 1.807) is 13.8 Å². The van der Waals surface area contributed by atoms with Crippen LogP contribution in [0.25, 0.3) is 0 Å². The lowest BCUT2D eigenvalue weighted by molar-refractivity contribution is -0.0172. The molecule has 0 aliphatic heterocycles. The molecule has 7 atom stereocenters. The fourth-order valence-electron chi connectivity index (χ4n) is 7.01. The van der Waals surface area contributed by atoms with E-state index >= 15 is 0 Å². The van der Waals surface area contributed by atoms with Crippen LogP contribution in [0.2, 0.25) is 0 Å². The fraction of sp³-hybridized carbons (Fsp3) is 0.786. The molecule has 3 saturated carbocycles. The van der Waals surface area contributed by atoms with Gasteiger partial charge in [0.05, 0.1) is 17.8 Å². The lowest BCUT2D eigenvalue weighted by atomic mass is 9.60. The highest BCUT2D eigenvalue weighted by atomic mass is 16.3. The summed E-state index contributed by atoms with van der Waals surface area (Å²) in [6.07, 6.45) is 12.2. The molecule has 0 amide bonds. The number of aliphatic hydroxyl groups is 4. The van der Waals surface area contributed by atoms with Gasteiger partial charge in [-0.3, -0.25) is 0 Å². The molecule has 0 radical (unpaired) electrons. The highest BCUT2D eigenvalue weighted by Crippen LogP contribution is 2.60. The largest absolute Gasteiger partial charge is 0.396 e. The van der Waals surface area contributed by atoms with Crippen LogP contribution in [0.5, 0.6) is 0 Å². The fourth-order valence-corrected chi connectivity index (χ4v) is 7.01. The zero-order valence-corrected chi connectivity index (χ0v) is 20.7. The van der Waals surface area contributed by atoms with Crippen molar-refractivity contribution in [2.45, 2.75) is 103 Å². The Morgan fingerprint density at radius 1 is 1.19 bits per heavy atom. The maximum absolute atomic E-state index is 10.3. The topological polar surface area (TPSA) is 80.9 Å². The predicted octanol–water partition coefficient (Wildman–Crippen LogP) is 4.92. The molecule has 0 aromatic heterocycles. The predicted molar refractivity (Wildman–Crippen MR) is 130 cm³/mol. The van der Waals surface area contributed by atoms with Crippen LogP contribution in [0.3, 0.4) is 0 Å². The summed E-state index contributed by atoms with van der Waals surface area (Å²) >= 11 is 0. The lowest BCUT2D eigenvalue weighted by Crippen LogP contribution is -2.37. The molecule has 0 aromatic carbocycles. The van der Waals surface area contributed by atoms with E-state index in [-0.39, 0.29) is 12.5 Å². The van der Waals surface area contributed by atoms with Crippen molar-refractivity contribution < 1.29 is 20.4 Å². The van der Waals surface area contributed by atoms with E-state index in [2.05, 4.69) is 32.6 Å². The first-order chi connectivity index (χ1) is 15.0. The number of hydrogen-bond donors (Lipinski definition) is 4. The number of allylic oxidation sites excluding steroid dienone is 3. The Balaban J connectivity index is 1.71. The Hall–Kier alpha value is -0.940. The zero-order valence-electron chi connectivity index (χ0n) is 20.7. The van der Waals surface area contributed by atoms with Crippen molar-refractivity contribution in [2.24, 2.45) is 29.1 Å². The summed E-state index contributed by atoms with van der Waals surface area (Å²) < 4.78 is 0. The molecule has 0 saturated heterocycles. The summed E-state index contributed by atoms with van der Waals surface area (Å²) in [6, 6.07) is 0. The molecule has 4 N–H and O–H groups in total. The second-order valence-electron chi connectivity index (χ2n) is 11.8. The van der Waals surface area contributed by atoms with E-state index in [4.69, 9.17) is 0 Å². The van der Waals surface area contributed by atoms with Crippen molar-refractivity contribution in [3.63, 3.8) is 0 Å². The SMILES string of the molecule is C=C1/C(=C\C=C2/CCC[C@]3(C)[C@@H]([C@H](C)CC[C@H](CO)C(C)(C)O)CC[C@@H]23)C[C@@H](O)C[C@@H]1O. The van der Waals surface area contributed by atoms with E-state index in [1.165, 1.54) is 31.3 Å². The first-order valence-electron chi connectivity index (χ1n) is 12.8. The number of aliphatic hydroxyl groups excluding tert-OH is 3. The molecule has 0 heterocycles. The Labute approximate surface area is 195 Å². The van der Waals surface area contributed by atoms with Crippen molar-refractivity contribution in [1.82, 2.24) is 0 Å². The molecule has 0 aromatic rings. The second kappa shape index (κ2) is 10.1.